The molecular formula is C17H26N2O2. The third-order valence-corrected chi connectivity index (χ3v) is 4.67. The van der Waals surface area contributed by atoms with Gasteiger partial charge in [0.2, 0.25) is 0 Å². The standard InChI is InChI=1S/C17H26N2O2/c1-12(21-17(19)20)15(13-7-3-2-4-8-13)11-14-9-5-6-10-16(14)18/h5-6,9-10,12-13,15H,2-4,7-8,11,18H2,1H3,(H2,19,20)/t12-,15?/m0/s1. The van der Waals surface area contributed by atoms with Crippen molar-refractivity contribution in [2.45, 2.75) is 51.6 Å². The number of nitrogen functional groups attached to an aromatic ring is 1. The average Bonchev–Trinajstić information content (AvgIpc) is 2.46. The third kappa shape index (κ3) is 4.38. The average molecular weight is 290 g/mol. The van der Waals surface area contributed by atoms with Gasteiger partial charge in [0.1, 0.15) is 6.10 Å². The number of hydrogen-bond acceptors (Lipinski definition) is 3. The largest absolute Gasteiger partial charge is 0.446 e. The van der Waals surface area contributed by atoms with Crippen LogP contribution in [-0.4, -0.2) is 12.2 Å². The summed E-state index contributed by atoms with van der Waals surface area (Å²) in [6.45, 7) is 1.95. The van der Waals surface area contributed by atoms with Crippen LogP contribution in [0.4, 0.5) is 10.5 Å². The molecule has 0 spiro atoms. The van der Waals surface area contributed by atoms with Gasteiger partial charge in [-0.25, -0.2) is 4.79 Å². The topological polar surface area (TPSA) is 78.3 Å². The van der Waals surface area contributed by atoms with Gasteiger partial charge in [-0.2, -0.15) is 0 Å². The van der Waals surface area contributed by atoms with Gasteiger partial charge in [0.15, 0.2) is 0 Å². The Balaban J connectivity index is 2.14. The molecule has 116 valence electrons. The first kappa shape index (κ1) is 15.7. The van der Waals surface area contributed by atoms with Crippen LogP contribution in [0.5, 0.6) is 0 Å². The molecule has 0 aromatic heterocycles. The minimum atomic E-state index is -0.690. The van der Waals surface area contributed by atoms with Crippen LogP contribution in [0.25, 0.3) is 0 Å². The highest BCUT2D eigenvalue weighted by Crippen LogP contribution is 2.35. The molecule has 1 saturated carbocycles. The summed E-state index contributed by atoms with van der Waals surface area (Å²) in [6, 6.07) is 7.93. The summed E-state index contributed by atoms with van der Waals surface area (Å²) in [5.41, 5.74) is 13.2. The number of carbonyl (C=O) groups excluding carboxylic acids is 1. The number of rotatable bonds is 5. The smallest absolute Gasteiger partial charge is 0.404 e. The molecule has 1 amide bonds. The fourth-order valence-electron chi connectivity index (χ4n) is 3.52. The second-order valence-electron chi connectivity index (χ2n) is 6.11. The van der Waals surface area contributed by atoms with E-state index in [1.54, 1.807) is 0 Å². The Kier molecular flexibility index (Phi) is 5.48. The first-order valence-corrected chi connectivity index (χ1v) is 7.87. The first-order chi connectivity index (χ1) is 10.1. The maximum Gasteiger partial charge on any atom is 0.404 e. The van der Waals surface area contributed by atoms with Gasteiger partial charge in [-0.1, -0.05) is 50.3 Å². The van der Waals surface area contributed by atoms with Crippen molar-refractivity contribution in [1.29, 1.82) is 0 Å². The molecule has 1 fully saturated rings. The summed E-state index contributed by atoms with van der Waals surface area (Å²) in [5.74, 6) is 0.857. The van der Waals surface area contributed by atoms with Crippen LogP contribution in [0.15, 0.2) is 24.3 Å². The predicted molar refractivity (Wildman–Crippen MR) is 84.8 cm³/mol. The molecule has 21 heavy (non-hydrogen) atoms. The van der Waals surface area contributed by atoms with Gasteiger partial charge < -0.3 is 16.2 Å². The van der Waals surface area contributed by atoms with E-state index < -0.39 is 6.09 Å². The van der Waals surface area contributed by atoms with Crippen molar-refractivity contribution >= 4 is 11.8 Å². The SMILES string of the molecule is C[C@H](OC(N)=O)C(Cc1ccccc1N)C1CCCCC1. The Labute approximate surface area is 126 Å². The van der Waals surface area contributed by atoms with Crippen LogP contribution < -0.4 is 11.5 Å². The molecule has 2 atom stereocenters. The number of hydrogen-bond donors (Lipinski definition) is 2. The van der Waals surface area contributed by atoms with E-state index in [9.17, 15) is 4.79 Å². The zero-order chi connectivity index (χ0) is 15.2. The van der Waals surface area contributed by atoms with Crippen molar-refractivity contribution in [2.24, 2.45) is 17.6 Å². The van der Waals surface area contributed by atoms with Crippen molar-refractivity contribution in [3.63, 3.8) is 0 Å². The number of ether oxygens (including phenoxy) is 1. The lowest BCUT2D eigenvalue weighted by Crippen LogP contribution is -2.34. The van der Waals surface area contributed by atoms with Gasteiger partial charge in [0.25, 0.3) is 0 Å². The van der Waals surface area contributed by atoms with E-state index in [1.165, 1.54) is 32.1 Å². The molecular weight excluding hydrogens is 264 g/mol. The van der Waals surface area contributed by atoms with Crippen LogP contribution in [-0.2, 0) is 11.2 Å². The first-order valence-electron chi connectivity index (χ1n) is 7.87. The van der Waals surface area contributed by atoms with Crippen LogP contribution in [0.1, 0.15) is 44.6 Å². The molecule has 4 heteroatoms. The zero-order valence-corrected chi connectivity index (χ0v) is 12.8. The van der Waals surface area contributed by atoms with Crippen molar-refractivity contribution in [1.82, 2.24) is 0 Å². The van der Waals surface area contributed by atoms with Gasteiger partial charge in [0.05, 0.1) is 0 Å². The van der Waals surface area contributed by atoms with E-state index in [-0.39, 0.29) is 12.0 Å². The molecule has 0 aliphatic heterocycles. The highest BCUT2D eigenvalue weighted by molar-refractivity contribution is 5.64. The molecule has 1 aromatic rings. The van der Waals surface area contributed by atoms with Crippen molar-refractivity contribution < 1.29 is 9.53 Å². The van der Waals surface area contributed by atoms with Crippen molar-refractivity contribution in [2.75, 3.05) is 5.73 Å². The number of primary amides is 1. The highest BCUT2D eigenvalue weighted by atomic mass is 16.6. The fourth-order valence-corrected chi connectivity index (χ4v) is 3.52. The zero-order valence-electron chi connectivity index (χ0n) is 12.8. The van der Waals surface area contributed by atoms with E-state index in [2.05, 4.69) is 6.07 Å². The summed E-state index contributed by atoms with van der Waals surface area (Å²) < 4.78 is 5.28. The van der Waals surface area contributed by atoms with Gasteiger partial charge >= 0.3 is 6.09 Å². The maximum absolute atomic E-state index is 11.1. The minimum Gasteiger partial charge on any atom is -0.446 e. The number of benzene rings is 1. The van der Waals surface area contributed by atoms with Crippen molar-refractivity contribution in [3.8, 4) is 0 Å². The lowest BCUT2D eigenvalue weighted by atomic mass is 9.75. The predicted octanol–water partition coefficient (Wildman–Crippen LogP) is 3.49. The monoisotopic (exact) mass is 290 g/mol. The summed E-state index contributed by atoms with van der Waals surface area (Å²) in [6.07, 6.45) is 6.19. The Morgan fingerprint density at radius 3 is 2.57 bits per heavy atom. The number of amides is 1. The van der Waals surface area contributed by atoms with Gasteiger partial charge in [-0.3, -0.25) is 0 Å². The van der Waals surface area contributed by atoms with E-state index in [1.807, 2.05) is 25.1 Å². The van der Waals surface area contributed by atoms with Gasteiger partial charge in [0, 0.05) is 11.6 Å². The molecule has 0 heterocycles. The Hall–Kier alpha value is -1.71. The molecule has 1 unspecified atom stereocenters. The van der Waals surface area contributed by atoms with Gasteiger partial charge in [-0.15, -0.1) is 0 Å². The molecule has 0 bridgehead atoms. The molecule has 0 saturated heterocycles. The van der Waals surface area contributed by atoms with E-state index in [4.69, 9.17) is 16.2 Å². The molecule has 4 N–H and O–H groups in total. The second kappa shape index (κ2) is 7.34. The lowest BCUT2D eigenvalue weighted by Gasteiger charge is -2.34. The minimum absolute atomic E-state index is 0.176. The molecule has 1 aliphatic carbocycles. The Bertz CT molecular complexity index is 470. The number of nitrogens with two attached hydrogens (primary N) is 2. The maximum atomic E-state index is 11.1. The molecule has 1 aliphatic rings. The molecule has 2 rings (SSSR count). The molecule has 4 nitrogen and oxygen atoms in total. The second-order valence-corrected chi connectivity index (χ2v) is 6.11. The highest BCUT2D eigenvalue weighted by Gasteiger charge is 2.30. The normalized spacial score (nSPS) is 18.9. The summed E-state index contributed by atoms with van der Waals surface area (Å²) in [4.78, 5) is 11.1. The third-order valence-electron chi connectivity index (χ3n) is 4.67. The van der Waals surface area contributed by atoms with Crippen LogP contribution >= 0.6 is 0 Å². The molecule has 1 aromatic carbocycles. The van der Waals surface area contributed by atoms with E-state index in [0.29, 0.717) is 5.92 Å². The van der Waals surface area contributed by atoms with E-state index >= 15 is 0 Å². The van der Waals surface area contributed by atoms with Crippen LogP contribution in [0.3, 0.4) is 0 Å². The number of carbonyl (C=O) groups is 1. The number of anilines is 1. The van der Waals surface area contributed by atoms with Crippen molar-refractivity contribution in [3.05, 3.63) is 29.8 Å². The van der Waals surface area contributed by atoms with E-state index in [0.717, 1.165) is 17.7 Å². The summed E-state index contributed by atoms with van der Waals surface area (Å²) in [7, 11) is 0. The quantitative estimate of drug-likeness (QED) is 0.815. The van der Waals surface area contributed by atoms with Crippen LogP contribution in [0.2, 0.25) is 0 Å². The molecule has 0 radical (unpaired) electrons. The van der Waals surface area contributed by atoms with Crippen LogP contribution in [0, 0.1) is 11.8 Å². The summed E-state index contributed by atoms with van der Waals surface area (Å²) in [5, 5.41) is 0. The Morgan fingerprint density at radius 1 is 1.29 bits per heavy atom. The Morgan fingerprint density at radius 2 is 1.95 bits per heavy atom. The summed E-state index contributed by atoms with van der Waals surface area (Å²) >= 11 is 0. The number of para-hydroxylation sites is 1. The van der Waals surface area contributed by atoms with Gasteiger partial charge in [-0.05, 0) is 30.9 Å². The lowest BCUT2D eigenvalue weighted by molar-refractivity contribution is 0.0476. The fraction of sp³-hybridized carbons (Fsp3) is 0.588.